The van der Waals surface area contributed by atoms with Crippen LogP contribution >= 0.6 is 11.6 Å². The first-order chi connectivity index (χ1) is 13.6. The number of hydrogen-bond donors (Lipinski definition) is 2. The number of carbonyl (C=O) groups excluding carboxylic acids is 1. The zero-order chi connectivity index (χ0) is 19.5. The Morgan fingerprint density at radius 1 is 1.07 bits per heavy atom. The number of carbonyl (C=O) groups is 1. The first kappa shape index (κ1) is 18.1. The van der Waals surface area contributed by atoms with E-state index in [1.165, 1.54) is 6.20 Å². The number of anilines is 3. The van der Waals surface area contributed by atoms with E-state index < -0.39 is 0 Å². The summed E-state index contributed by atoms with van der Waals surface area (Å²) in [6.07, 6.45) is 1.52. The number of nitrogens with one attached hydrogen (secondary N) is 2. The van der Waals surface area contributed by atoms with Gasteiger partial charge in [-0.05, 0) is 42.8 Å². The molecule has 2 heterocycles. The van der Waals surface area contributed by atoms with Gasteiger partial charge in [0.2, 0.25) is 5.95 Å². The highest BCUT2D eigenvalue weighted by Gasteiger charge is 2.14. The molecule has 8 heteroatoms. The lowest BCUT2D eigenvalue weighted by Gasteiger charge is -2.19. The second-order valence-corrected chi connectivity index (χ2v) is 6.60. The second-order valence-electron chi connectivity index (χ2n) is 6.16. The minimum absolute atomic E-state index is 0.231. The number of aromatic nitrogens is 2. The molecule has 7 nitrogen and oxygen atoms in total. The summed E-state index contributed by atoms with van der Waals surface area (Å²) in [5.74, 6) is 1.30. The molecule has 0 saturated carbocycles. The molecule has 0 bridgehead atoms. The first-order valence-electron chi connectivity index (χ1n) is 8.66. The molecule has 3 aromatic rings. The number of hydrogen-bond acceptors (Lipinski definition) is 6. The summed E-state index contributed by atoms with van der Waals surface area (Å²) < 4.78 is 11.1. The van der Waals surface area contributed by atoms with E-state index in [-0.39, 0.29) is 11.6 Å². The summed E-state index contributed by atoms with van der Waals surface area (Å²) >= 11 is 6.01. The van der Waals surface area contributed by atoms with Crippen molar-refractivity contribution in [1.82, 2.24) is 9.97 Å². The predicted molar refractivity (Wildman–Crippen MR) is 107 cm³/mol. The average molecular weight is 397 g/mol. The molecule has 28 heavy (non-hydrogen) atoms. The van der Waals surface area contributed by atoms with Gasteiger partial charge in [0.25, 0.3) is 5.91 Å². The molecule has 1 aliphatic heterocycles. The fourth-order valence-corrected chi connectivity index (χ4v) is 2.88. The fourth-order valence-electron chi connectivity index (χ4n) is 2.71. The monoisotopic (exact) mass is 396 g/mol. The number of halogens is 1. The van der Waals surface area contributed by atoms with E-state index in [4.69, 9.17) is 21.1 Å². The van der Waals surface area contributed by atoms with Crippen LogP contribution in [0.5, 0.6) is 11.5 Å². The van der Waals surface area contributed by atoms with Crippen molar-refractivity contribution in [3.8, 4) is 11.5 Å². The molecule has 1 amide bonds. The summed E-state index contributed by atoms with van der Waals surface area (Å²) in [7, 11) is 0. The maximum absolute atomic E-state index is 12.6. The largest absolute Gasteiger partial charge is 0.486 e. The molecule has 0 radical (unpaired) electrons. The molecule has 2 N–H and O–H groups in total. The molecule has 2 aromatic carbocycles. The van der Waals surface area contributed by atoms with Crippen molar-refractivity contribution in [3.05, 3.63) is 64.9 Å². The van der Waals surface area contributed by atoms with Crippen LogP contribution in [0.25, 0.3) is 0 Å². The number of rotatable bonds is 4. The van der Waals surface area contributed by atoms with E-state index in [9.17, 15) is 4.79 Å². The number of amides is 1. The van der Waals surface area contributed by atoms with Gasteiger partial charge in [-0.15, -0.1) is 0 Å². The molecule has 0 spiro atoms. The smallest absolute Gasteiger partial charge is 0.274 e. The summed E-state index contributed by atoms with van der Waals surface area (Å²) in [5.41, 5.74) is 2.50. The van der Waals surface area contributed by atoms with Gasteiger partial charge < -0.3 is 20.1 Å². The van der Waals surface area contributed by atoms with Gasteiger partial charge in [0.15, 0.2) is 11.5 Å². The minimum atomic E-state index is -0.349. The third kappa shape index (κ3) is 3.99. The molecule has 1 aliphatic rings. The normalized spacial score (nSPS) is 12.4. The van der Waals surface area contributed by atoms with Crippen LogP contribution in [0.15, 0.2) is 48.7 Å². The van der Waals surface area contributed by atoms with E-state index in [0.29, 0.717) is 41.4 Å². The molecular weight excluding hydrogens is 380 g/mol. The maximum atomic E-state index is 12.6. The number of nitrogens with zero attached hydrogens (tertiary/aromatic N) is 2. The van der Waals surface area contributed by atoms with Crippen molar-refractivity contribution < 1.29 is 14.3 Å². The highest BCUT2D eigenvalue weighted by atomic mass is 35.5. The molecule has 0 unspecified atom stereocenters. The zero-order valence-corrected chi connectivity index (χ0v) is 15.8. The van der Waals surface area contributed by atoms with Gasteiger partial charge in [-0.1, -0.05) is 17.7 Å². The lowest BCUT2D eigenvalue weighted by atomic mass is 10.2. The lowest BCUT2D eigenvalue weighted by molar-refractivity contribution is 0.102. The van der Waals surface area contributed by atoms with Crippen molar-refractivity contribution in [2.75, 3.05) is 23.8 Å². The average Bonchev–Trinajstić information content (AvgIpc) is 2.71. The number of ether oxygens (including phenoxy) is 2. The van der Waals surface area contributed by atoms with Gasteiger partial charge in [-0.3, -0.25) is 4.79 Å². The Labute approximate surface area is 166 Å². The Morgan fingerprint density at radius 3 is 2.75 bits per heavy atom. The number of benzene rings is 2. The maximum Gasteiger partial charge on any atom is 0.274 e. The van der Waals surface area contributed by atoms with Gasteiger partial charge in [0, 0.05) is 28.7 Å². The number of fused-ring (bicyclic) bond motifs is 1. The van der Waals surface area contributed by atoms with Gasteiger partial charge >= 0.3 is 0 Å². The van der Waals surface area contributed by atoms with Gasteiger partial charge in [-0.25, -0.2) is 9.97 Å². The highest BCUT2D eigenvalue weighted by Crippen LogP contribution is 2.33. The standard InChI is InChI=1S/C20H17ClN4O3/c1-12-2-3-13(21)10-16(12)24-19(26)15-6-7-22-20(25-15)23-14-4-5-17-18(11-14)28-9-8-27-17/h2-7,10-11H,8-9H2,1H3,(H,24,26)(H,22,23,25). The van der Waals surface area contributed by atoms with Gasteiger partial charge in [-0.2, -0.15) is 0 Å². The lowest BCUT2D eigenvalue weighted by Crippen LogP contribution is -2.16. The predicted octanol–water partition coefficient (Wildman–Crippen LogP) is 4.21. The van der Waals surface area contributed by atoms with E-state index >= 15 is 0 Å². The van der Waals surface area contributed by atoms with Crippen molar-refractivity contribution in [2.45, 2.75) is 6.92 Å². The van der Waals surface area contributed by atoms with E-state index in [0.717, 1.165) is 11.3 Å². The van der Waals surface area contributed by atoms with Gasteiger partial charge in [0.05, 0.1) is 0 Å². The Hall–Kier alpha value is -3.32. The van der Waals surface area contributed by atoms with Crippen LogP contribution in [0.1, 0.15) is 16.1 Å². The summed E-state index contributed by atoms with van der Waals surface area (Å²) in [6, 6.07) is 12.3. The van der Waals surface area contributed by atoms with Crippen molar-refractivity contribution in [3.63, 3.8) is 0 Å². The van der Waals surface area contributed by atoms with E-state index in [1.807, 2.05) is 25.1 Å². The highest BCUT2D eigenvalue weighted by molar-refractivity contribution is 6.31. The molecular formula is C20H17ClN4O3. The molecule has 0 aliphatic carbocycles. The Morgan fingerprint density at radius 2 is 1.89 bits per heavy atom. The topological polar surface area (TPSA) is 85.4 Å². The summed E-state index contributed by atoms with van der Waals surface area (Å²) in [6.45, 7) is 2.93. The Bertz CT molecular complexity index is 1040. The van der Waals surface area contributed by atoms with Crippen LogP contribution in [-0.4, -0.2) is 29.1 Å². The van der Waals surface area contributed by atoms with Crippen LogP contribution < -0.4 is 20.1 Å². The van der Waals surface area contributed by atoms with Gasteiger partial charge in [0.1, 0.15) is 18.9 Å². The fraction of sp³-hybridized carbons (Fsp3) is 0.150. The van der Waals surface area contributed by atoms with E-state index in [1.54, 1.807) is 24.3 Å². The van der Waals surface area contributed by atoms with Crippen LogP contribution in [0.3, 0.4) is 0 Å². The summed E-state index contributed by atoms with van der Waals surface area (Å²) in [4.78, 5) is 21.0. The SMILES string of the molecule is Cc1ccc(Cl)cc1NC(=O)c1ccnc(Nc2ccc3c(c2)OCCO3)n1. The minimum Gasteiger partial charge on any atom is -0.486 e. The zero-order valence-electron chi connectivity index (χ0n) is 15.0. The summed E-state index contributed by atoms with van der Waals surface area (Å²) in [5, 5.41) is 6.44. The van der Waals surface area contributed by atoms with Crippen molar-refractivity contribution >= 4 is 34.8 Å². The quantitative estimate of drug-likeness (QED) is 0.687. The molecule has 0 fully saturated rings. The van der Waals surface area contributed by atoms with Crippen LogP contribution in [0.4, 0.5) is 17.3 Å². The Kier molecular flexibility index (Phi) is 4.99. The molecule has 0 atom stereocenters. The second kappa shape index (κ2) is 7.74. The third-order valence-corrected chi connectivity index (χ3v) is 4.37. The van der Waals surface area contributed by atoms with Crippen LogP contribution in [-0.2, 0) is 0 Å². The number of aryl methyl sites for hydroxylation is 1. The third-order valence-electron chi connectivity index (χ3n) is 4.13. The van der Waals surface area contributed by atoms with Crippen molar-refractivity contribution in [2.24, 2.45) is 0 Å². The molecule has 1 aromatic heterocycles. The van der Waals surface area contributed by atoms with E-state index in [2.05, 4.69) is 20.6 Å². The van der Waals surface area contributed by atoms with Crippen LogP contribution in [0.2, 0.25) is 5.02 Å². The Balaban J connectivity index is 1.51. The molecule has 0 saturated heterocycles. The first-order valence-corrected chi connectivity index (χ1v) is 9.03. The van der Waals surface area contributed by atoms with Crippen molar-refractivity contribution in [1.29, 1.82) is 0 Å². The van der Waals surface area contributed by atoms with Crippen LogP contribution in [0, 0.1) is 6.92 Å². The molecule has 4 rings (SSSR count). The molecule has 142 valence electrons.